The van der Waals surface area contributed by atoms with Crippen LogP contribution in [0.4, 0.5) is 11.4 Å². The summed E-state index contributed by atoms with van der Waals surface area (Å²) >= 11 is 6.63. The lowest BCUT2D eigenvalue weighted by Crippen LogP contribution is -2.34. The van der Waals surface area contributed by atoms with Crippen molar-refractivity contribution in [3.63, 3.8) is 0 Å². The first-order valence-electron chi connectivity index (χ1n) is 13.0. The third kappa shape index (κ3) is 3.78. The first-order valence-corrected chi connectivity index (χ1v) is 13.4. The van der Waals surface area contributed by atoms with Gasteiger partial charge >= 0.3 is 0 Å². The van der Waals surface area contributed by atoms with Crippen LogP contribution in [0.2, 0.25) is 5.02 Å². The van der Waals surface area contributed by atoms with Crippen molar-refractivity contribution in [3.8, 4) is 5.75 Å². The van der Waals surface area contributed by atoms with Crippen LogP contribution in [0.15, 0.2) is 84.6 Å². The summed E-state index contributed by atoms with van der Waals surface area (Å²) in [5, 5.41) is 0.751. The molecule has 3 aromatic rings. The molecule has 3 aliphatic rings. The minimum atomic E-state index is -0.0156. The van der Waals surface area contributed by atoms with Crippen molar-refractivity contribution < 1.29 is 4.74 Å². The number of halogens is 1. The Bertz CT molecular complexity index is 1390. The lowest BCUT2D eigenvalue weighted by molar-refractivity contribution is 0.264. The maximum absolute atomic E-state index is 6.63. The molecule has 0 spiro atoms. The highest BCUT2D eigenvalue weighted by Crippen LogP contribution is 2.51. The molecular formula is C33H34ClNO. The van der Waals surface area contributed by atoms with Crippen molar-refractivity contribution in [2.45, 2.75) is 70.3 Å². The number of benzene rings is 3. The molecule has 0 bridgehead atoms. The number of anilines is 2. The zero-order valence-electron chi connectivity index (χ0n) is 21.8. The van der Waals surface area contributed by atoms with E-state index in [1.54, 1.807) is 0 Å². The van der Waals surface area contributed by atoms with Crippen molar-refractivity contribution in [2.24, 2.45) is 0 Å². The number of hydrogen-bond acceptors (Lipinski definition) is 2. The van der Waals surface area contributed by atoms with Crippen LogP contribution >= 0.6 is 11.6 Å². The van der Waals surface area contributed by atoms with Gasteiger partial charge in [0.05, 0.1) is 5.92 Å². The van der Waals surface area contributed by atoms with E-state index in [-0.39, 0.29) is 22.9 Å². The minimum absolute atomic E-state index is 0.0156. The van der Waals surface area contributed by atoms with Crippen LogP contribution in [-0.4, -0.2) is 6.10 Å². The van der Waals surface area contributed by atoms with Gasteiger partial charge in [-0.05, 0) is 95.8 Å². The van der Waals surface area contributed by atoms with Gasteiger partial charge in [-0.1, -0.05) is 69.6 Å². The first-order chi connectivity index (χ1) is 17.1. The number of aryl methyl sites for hydroxylation is 1. The van der Waals surface area contributed by atoms with E-state index in [4.69, 9.17) is 16.3 Å². The summed E-state index contributed by atoms with van der Waals surface area (Å²) in [7, 11) is 0. The molecule has 2 atom stereocenters. The molecule has 0 aromatic heterocycles. The number of nitrogens with zero attached hydrogens (tertiary/aromatic N) is 1. The van der Waals surface area contributed by atoms with E-state index < -0.39 is 0 Å². The number of allylic oxidation sites excluding steroid dienone is 2. The van der Waals surface area contributed by atoms with E-state index in [9.17, 15) is 0 Å². The fraction of sp³-hybridized carbons (Fsp3) is 0.333. The Kier molecular flexibility index (Phi) is 5.39. The van der Waals surface area contributed by atoms with E-state index in [0.29, 0.717) is 0 Å². The first kappa shape index (κ1) is 23.4. The molecule has 3 aromatic carbocycles. The van der Waals surface area contributed by atoms with E-state index in [0.717, 1.165) is 22.0 Å². The van der Waals surface area contributed by atoms with Gasteiger partial charge in [-0.15, -0.1) is 0 Å². The highest BCUT2D eigenvalue weighted by Gasteiger charge is 2.41. The second kappa shape index (κ2) is 8.28. The van der Waals surface area contributed by atoms with Crippen molar-refractivity contribution in [1.82, 2.24) is 0 Å². The van der Waals surface area contributed by atoms with Gasteiger partial charge in [0.25, 0.3) is 0 Å². The second-order valence-electron chi connectivity index (χ2n) is 11.9. The Morgan fingerprint density at radius 3 is 2.39 bits per heavy atom. The number of rotatable bonds is 3. The largest absolute Gasteiger partial charge is 0.485 e. The second-order valence-corrected chi connectivity index (χ2v) is 12.3. The van der Waals surface area contributed by atoms with Crippen molar-refractivity contribution in [2.75, 3.05) is 4.90 Å². The zero-order valence-corrected chi connectivity index (χ0v) is 22.6. The zero-order chi connectivity index (χ0) is 25.2. The quantitative estimate of drug-likeness (QED) is 0.359. The van der Waals surface area contributed by atoms with Gasteiger partial charge in [-0.3, -0.25) is 0 Å². The molecule has 184 valence electrons. The molecular weight excluding hydrogens is 462 g/mol. The van der Waals surface area contributed by atoms with E-state index in [1.165, 1.54) is 40.9 Å². The number of ether oxygens (including phenoxy) is 1. The molecule has 3 heteroatoms. The molecule has 6 rings (SSSR count). The lowest BCUT2D eigenvalue weighted by atomic mass is 9.63. The van der Waals surface area contributed by atoms with E-state index >= 15 is 0 Å². The van der Waals surface area contributed by atoms with Gasteiger partial charge in [0.1, 0.15) is 11.9 Å². The summed E-state index contributed by atoms with van der Waals surface area (Å²) in [4.78, 5) is 2.41. The Morgan fingerprint density at radius 1 is 0.861 bits per heavy atom. The molecule has 0 amide bonds. The number of para-hydroxylation sites is 1. The highest BCUT2D eigenvalue weighted by molar-refractivity contribution is 6.31. The minimum Gasteiger partial charge on any atom is -0.485 e. The molecule has 0 fully saturated rings. The van der Waals surface area contributed by atoms with Crippen LogP contribution in [0.5, 0.6) is 5.75 Å². The topological polar surface area (TPSA) is 12.5 Å². The fourth-order valence-electron chi connectivity index (χ4n) is 6.30. The van der Waals surface area contributed by atoms with E-state index in [1.807, 2.05) is 6.07 Å². The molecule has 2 unspecified atom stereocenters. The summed E-state index contributed by atoms with van der Waals surface area (Å²) in [6.45, 7) is 11.6. The smallest absolute Gasteiger partial charge is 0.130 e. The molecule has 2 nitrogen and oxygen atoms in total. The van der Waals surface area contributed by atoms with Crippen molar-refractivity contribution >= 4 is 23.0 Å². The van der Waals surface area contributed by atoms with Gasteiger partial charge in [-0.2, -0.15) is 0 Å². The Labute approximate surface area is 220 Å². The highest BCUT2D eigenvalue weighted by atomic mass is 35.5. The van der Waals surface area contributed by atoms with Gasteiger partial charge in [0.15, 0.2) is 0 Å². The van der Waals surface area contributed by atoms with Crippen LogP contribution in [0, 0.1) is 6.92 Å². The summed E-state index contributed by atoms with van der Waals surface area (Å²) in [6.07, 6.45) is 8.93. The molecule has 0 saturated heterocycles. The van der Waals surface area contributed by atoms with Gasteiger partial charge in [0.2, 0.25) is 0 Å². The summed E-state index contributed by atoms with van der Waals surface area (Å²) in [6, 6.07) is 21.9. The SMILES string of the molecule is Cc1cc(Cl)cc(N(C2=CC=CC3Oc4ccccc4C23)c2ccc3c(c2)C(C)(C)CCC3(C)C)c1. The Morgan fingerprint density at radius 2 is 1.61 bits per heavy atom. The van der Waals surface area contributed by atoms with Crippen LogP contribution in [0.25, 0.3) is 0 Å². The number of hydrogen-bond donors (Lipinski definition) is 0. The van der Waals surface area contributed by atoms with Crippen LogP contribution in [0.1, 0.15) is 68.7 Å². The van der Waals surface area contributed by atoms with Crippen LogP contribution in [-0.2, 0) is 10.8 Å². The predicted molar refractivity (Wildman–Crippen MR) is 151 cm³/mol. The molecule has 1 aliphatic heterocycles. The third-order valence-electron chi connectivity index (χ3n) is 8.37. The van der Waals surface area contributed by atoms with E-state index in [2.05, 4.69) is 112 Å². The van der Waals surface area contributed by atoms with Gasteiger partial charge in [-0.25, -0.2) is 0 Å². The number of fused-ring (bicyclic) bond motifs is 4. The molecule has 2 aliphatic carbocycles. The normalized spacial score (nSPS) is 22.7. The molecule has 0 saturated carbocycles. The van der Waals surface area contributed by atoms with Crippen LogP contribution in [0.3, 0.4) is 0 Å². The Balaban J connectivity index is 1.56. The summed E-state index contributed by atoms with van der Waals surface area (Å²) in [5.41, 5.74) is 9.07. The predicted octanol–water partition coefficient (Wildman–Crippen LogP) is 9.13. The molecule has 36 heavy (non-hydrogen) atoms. The third-order valence-corrected chi connectivity index (χ3v) is 8.59. The van der Waals surface area contributed by atoms with Gasteiger partial charge < -0.3 is 9.64 Å². The maximum Gasteiger partial charge on any atom is 0.130 e. The Hall–Kier alpha value is -2.97. The monoisotopic (exact) mass is 495 g/mol. The molecule has 0 N–H and O–H groups in total. The fourth-order valence-corrected chi connectivity index (χ4v) is 6.59. The maximum atomic E-state index is 6.63. The van der Waals surface area contributed by atoms with Crippen LogP contribution < -0.4 is 9.64 Å². The van der Waals surface area contributed by atoms with Crippen molar-refractivity contribution in [3.05, 3.63) is 112 Å². The van der Waals surface area contributed by atoms with Gasteiger partial charge in [0, 0.05) is 27.7 Å². The summed E-state index contributed by atoms with van der Waals surface area (Å²) < 4.78 is 6.38. The lowest BCUT2D eigenvalue weighted by Gasteiger charge is -2.43. The summed E-state index contributed by atoms with van der Waals surface area (Å²) in [5.74, 6) is 1.09. The van der Waals surface area contributed by atoms with Crippen molar-refractivity contribution in [1.29, 1.82) is 0 Å². The average molecular weight is 496 g/mol. The molecule has 1 heterocycles. The average Bonchev–Trinajstić information content (AvgIpc) is 3.21. The standard InChI is InChI=1S/C33H34ClNO/c1-21-17-22(34)19-24(18-21)35(23-13-14-26-27(20-23)33(4,5)16-15-32(26,2)3)28-10-8-12-30-31(28)25-9-6-7-11-29(25)36-30/h6-14,17-20,30-31H,15-16H2,1-5H3. The molecule has 0 radical (unpaired) electrons.